The lowest BCUT2D eigenvalue weighted by atomic mass is 10.2. The SMILES string of the molecule is CN(CCC(=O)O)Cc1ccc2c(c1)ncn2C. The van der Waals surface area contributed by atoms with Gasteiger partial charge in [-0.15, -0.1) is 0 Å². The topological polar surface area (TPSA) is 58.4 Å². The average molecular weight is 247 g/mol. The Morgan fingerprint density at radius 2 is 2.28 bits per heavy atom. The number of benzene rings is 1. The Morgan fingerprint density at radius 1 is 1.50 bits per heavy atom. The molecule has 0 amide bonds. The number of aryl methyl sites for hydroxylation is 1. The molecule has 5 nitrogen and oxygen atoms in total. The highest BCUT2D eigenvalue weighted by atomic mass is 16.4. The van der Waals surface area contributed by atoms with Crippen molar-refractivity contribution in [2.45, 2.75) is 13.0 Å². The summed E-state index contributed by atoms with van der Waals surface area (Å²) in [7, 11) is 3.89. The van der Waals surface area contributed by atoms with Gasteiger partial charge in [0.15, 0.2) is 0 Å². The minimum atomic E-state index is -0.762. The molecule has 0 aliphatic heterocycles. The van der Waals surface area contributed by atoms with Crippen LogP contribution < -0.4 is 0 Å². The maximum absolute atomic E-state index is 10.5. The van der Waals surface area contributed by atoms with E-state index in [9.17, 15) is 4.79 Å². The molecule has 0 aliphatic rings. The number of fused-ring (bicyclic) bond motifs is 1. The molecule has 1 aromatic carbocycles. The highest BCUT2D eigenvalue weighted by molar-refractivity contribution is 5.75. The van der Waals surface area contributed by atoms with Gasteiger partial charge in [0.25, 0.3) is 0 Å². The fourth-order valence-corrected chi connectivity index (χ4v) is 1.96. The van der Waals surface area contributed by atoms with Crippen LogP contribution in [0.15, 0.2) is 24.5 Å². The lowest BCUT2D eigenvalue weighted by Gasteiger charge is -2.15. The number of aliphatic carboxylic acids is 1. The second kappa shape index (κ2) is 5.18. The largest absolute Gasteiger partial charge is 0.481 e. The summed E-state index contributed by atoms with van der Waals surface area (Å²) in [6, 6.07) is 6.15. The Balaban J connectivity index is 2.05. The second-order valence-electron chi connectivity index (χ2n) is 4.56. The zero-order chi connectivity index (χ0) is 13.1. The number of aromatic nitrogens is 2. The van der Waals surface area contributed by atoms with Crippen molar-refractivity contribution in [3.05, 3.63) is 30.1 Å². The minimum Gasteiger partial charge on any atom is -0.481 e. The number of carboxylic acid groups (broad SMARTS) is 1. The molecule has 2 aromatic rings. The number of carbonyl (C=O) groups is 1. The predicted octanol–water partition coefficient (Wildman–Crippen LogP) is 1.48. The molecular weight excluding hydrogens is 230 g/mol. The number of carboxylic acids is 1. The Kier molecular flexibility index (Phi) is 3.62. The highest BCUT2D eigenvalue weighted by Crippen LogP contribution is 2.14. The van der Waals surface area contributed by atoms with E-state index < -0.39 is 5.97 Å². The van der Waals surface area contributed by atoms with Crippen LogP contribution in [-0.4, -0.2) is 39.1 Å². The van der Waals surface area contributed by atoms with Crippen molar-refractivity contribution in [3.8, 4) is 0 Å². The molecular formula is C13H17N3O2. The summed E-state index contributed by atoms with van der Waals surface area (Å²) in [5.41, 5.74) is 3.22. The maximum Gasteiger partial charge on any atom is 0.304 e. The van der Waals surface area contributed by atoms with Crippen LogP contribution in [-0.2, 0) is 18.4 Å². The monoisotopic (exact) mass is 247 g/mol. The maximum atomic E-state index is 10.5. The molecule has 0 spiro atoms. The van der Waals surface area contributed by atoms with Crippen LogP contribution in [0.2, 0.25) is 0 Å². The Bertz CT molecular complexity index is 562. The average Bonchev–Trinajstić information content (AvgIpc) is 2.68. The van der Waals surface area contributed by atoms with Crippen molar-refractivity contribution in [2.75, 3.05) is 13.6 Å². The smallest absolute Gasteiger partial charge is 0.304 e. The van der Waals surface area contributed by atoms with Crippen molar-refractivity contribution in [1.29, 1.82) is 0 Å². The van der Waals surface area contributed by atoms with E-state index in [2.05, 4.69) is 11.1 Å². The van der Waals surface area contributed by atoms with Gasteiger partial charge in [-0.1, -0.05) is 6.07 Å². The van der Waals surface area contributed by atoms with Gasteiger partial charge in [-0.2, -0.15) is 0 Å². The third-order valence-electron chi connectivity index (χ3n) is 2.95. The summed E-state index contributed by atoms with van der Waals surface area (Å²) in [4.78, 5) is 16.8. The van der Waals surface area contributed by atoms with Crippen LogP contribution in [0.4, 0.5) is 0 Å². The van der Waals surface area contributed by atoms with Gasteiger partial charge in [-0.05, 0) is 24.7 Å². The third kappa shape index (κ3) is 2.87. The third-order valence-corrected chi connectivity index (χ3v) is 2.95. The first-order valence-corrected chi connectivity index (χ1v) is 5.86. The first-order valence-electron chi connectivity index (χ1n) is 5.86. The van der Waals surface area contributed by atoms with E-state index in [1.807, 2.05) is 35.7 Å². The number of rotatable bonds is 5. The van der Waals surface area contributed by atoms with Crippen LogP contribution in [0.3, 0.4) is 0 Å². The van der Waals surface area contributed by atoms with Crippen LogP contribution in [0.25, 0.3) is 11.0 Å². The number of hydrogen-bond acceptors (Lipinski definition) is 3. The molecule has 96 valence electrons. The van der Waals surface area contributed by atoms with Crippen LogP contribution in [0.1, 0.15) is 12.0 Å². The van der Waals surface area contributed by atoms with Gasteiger partial charge in [0, 0.05) is 20.1 Å². The molecule has 0 fully saturated rings. The van der Waals surface area contributed by atoms with Gasteiger partial charge in [0.1, 0.15) is 0 Å². The van der Waals surface area contributed by atoms with E-state index >= 15 is 0 Å². The molecule has 2 rings (SSSR count). The van der Waals surface area contributed by atoms with Crippen molar-refractivity contribution in [3.63, 3.8) is 0 Å². The molecule has 18 heavy (non-hydrogen) atoms. The quantitative estimate of drug-likeness (QED) is 0.869. The molecule has 0 atom stereocenters. The lowest BCUT2D eigenvalue weighted by molar-refractivity contribution is -0.137. The molecule has 0 saturated heterocycles. The summed E-state index contributed by atoms with van der Waals surface area (Å²) >= 11 is 0. The molecule has 1 N–H and O–H groups in total. The van der Waals surface area contributed by atoms with Crippen molar-refractivity contribution < 1.29 is 9.90 Å². The molecule has 0 radical (unpaired) electrons. The summed E-state index contributed by atoms with van der Waals surface area (Å²) in [6.45, 7) is 1.29. The lowest BCUT2D eigenvalue weighted by Crippen LogP contribution is -2.21. The van der Waals surface area contributed by atoms with Crippen molar-refractivity contribution in [2.24, 2.45) is 7.05 Å². The van der Waals surface area contributed by atoms with Gasteiger partial charge in [0.2, 0.25) is 0 Å². The Labute approximate surface area is 106 Å². The zero-order valence-corrected chi connectivity index (χ0v) is 10.6. The number of hydrogen-bond donors (Lipinski definition) is 1. The van der Waals surface area contributed by atoms with Crippen molar-refractivity contribution in [1.82, 2.24) is 14.5 Å². The van der Waals surface area contributed by atoms with Gasteiger partial charge in [-0.3, -0.25) is 4.79 Å². The molecule has 0 aliphatic carbocycles. The fourth-order valence-electron chi connectivity index (χ4n) is 1.96. The van der Waals surface area contributed by atoms with E-state index in [1.54, 1.807) is 6.33 Å². The standard InChI is InChI=1S/C13H17N3O2/c1-15(6-5-13(17)18)8-10-3-4-12-11(7-10)14-9-16(12)2/h3-4,7,9H,5-6,8H2,1-2H3,(H,17,18). The fraction of sp³-hybridized carbons (Fsp3) is 0.385. The van der Waals surface area contributed by atoms with Gasteiger partial charge >= 0.3 is 5.97 Å². The Hall–Kier alpha value is -1.88. The molecule has 0 saturated carbocycles. The Morgan fingerprint density at radius 3 is 3.00 bits per heavy atom. The summed E-state index contributed by atoms with van der Waals surface area (Å²) in [5.74, 6) is -0.762. The number of nitrogens with zero attached hydrogens (tertiary/aromatic N) is 3. The molecule has 0 unspecified atom stereocenters. The zero-order valence-electron chi connectivity index (χ0n) is 10.6. The first kappa shape index (κ1) is 12.6. The normalized spacial score (nSPS) is 11.3. The number of imidazole rings is 1. The van der Waals surface area contributed by atoms with Crippen LogP contribution in [0, 0.1) is 0 Å². The second-order valence-corrected chi connectivity index (χ2v) is 4.56. The highest BCUT2D eigenvalue weighted by Gasteiger charge is 2.05. The molecule has 0 bridgehead atoms. The first-order chi connectivity index (χ1) is 8.56. The van der Waals surface area contributed by atoms with Crippen LogP contribution >= 0.6 is 0 Å². The molecule has 1 aromatic heterocycles. The van der Waals surface area contributed by atoms with Crippen LogP contribution in [0.5, 0.6) is 0 Å². The van der Waals surface area contributed by atoms with Gasteiger partial charge < -0.3 is 14.6 Å². The molecule has 1 heterocycles. The van der Waals surface area contributed by atoms with E-state index in [-0.39, 0.29) is 6.42 Å². The molecule has 5 heteroatoms. The summed E-state index contributed by atoms with van der Waals surface area (Å²) in [5, 5.41) is 8.63. The van der Waals surface area contributed by atoms with Crippen molar-refractivity contribution >= 4 is 17.0 Å². The van der Waals surface area contributed by atoms with Gasteiger partial charge in [-0.25, -0.2) is 4.98 Å². The van der Waals surface area contributed by atoms with E-state index in [1.165, 1.54) is 0 Å². The van der Waals surface area contributed by atoms with E-state index in [4.69, 9.17) is 5.11 Å². The van der Waals surface area contributed by atoms with E-state index in [0.29, 0.717) is 6.54 Å². The summed E-state index contributed by atoms with van der Waals surface area (Å²) < 4.78 is 1.98. The van der Waals surface area contributed by atoms with E-state index in [0.717, 1.165) is 23.1 Å². The van der Waals surface area contributed by atoms with Gasteiger partial charge in [0.05, 0.1) is 23.8 Å². The predicted molar refractivity (Wildman–Crippen MR) is 69.3 cm³/mol. The summed E-state index contributed by atoms with van der Waals surface area (Å²) in [6.07, 6.45) is 1.96. The minimum absolute atomic E-state index is 0.169.